The standard InChI is InChI=1S/C13H19F3N2/c1-4-17-9-10-6-7-11(18(3)5-2)8-12(10)13(14,15)16/h6-8,17H,4-5,9H2,1-3H3. The molecule has 1 aromatic carbocycles. The van der Waals surface area contributed by atoms with E-state index in [4.69, 9.17) is 0 Å². The molecule has 1 N–H and O–H groups in total. The Bertz CT molecular complexity index is 388. The highest BCUT2D eigenvalue weighted by Gasteiger charge is 2.33. The van der Waals surface area contributed by atoms with Crippen molar-refractivity contribution >= 4 is 5.69 Å². The van der Waals surface area contributed by atoms with Gasteiger partial charge in [0.05, 0.1) is 5.56 Å². The predicted molar refractivity (Wildman–Crippen MR) is 67.8 cm³/mol. The fourth-order valence-electron chi connectivity index (χ4n) is 1.66. The van der Waals surface area contributed by atoms with Crippen molar-refractivity contribution in [1.29, 1.82) is 0 Å². The van der Waals surface area contributed by atoms with Crippen LogP contribution in [0, 0.1) is 0 Å². The van der Waals surface area contributed by atoms with Crippen molar-refractivity contribution < 1.29 is 13.2 Å². The van der Waals surface area contributed by atoms with Gasteiger partial charge in [-0.2, -0.15) is 13.2 Å². The first kappa shape index (κ1) is 14.8. The van der Waals surface area contributed by atoms with Gasteiger partial charge < -0.3 is 10.2 Å². The largest absolute Gasteiger partial charge is 0.416 e. The molecule has 0 aromatic heterocycles. The summed E-state index contributed by atoms with van der Waals surface area (Å²) < 4.78 is 38.9. The van der Waals surface area contributed by atoms with Gasteiger partial charge in [0.1, 0.15) is 0 Å². The normalized spacial score (nSPS) is 11.7. The van der Waals surface area contributed by atoms with Crippen molar-refractivity contribution in [3.8, 4) is 0 Å². The van der Waals surface area contributed by atoms with Crippen molar-refractivity contribution in [3.63, 3.8) is 0 Å². The molecule has 0 radical (unpaired) electrons. The van der Waals surface area contributed by atoms with Gasteiger partial charge in [-0.3, -0.25) is 0 Å². The smallest absolute Gasteiger partial charge is 0.375 e. The van der Waals surface area contributed by atoms with E-state index >= 15 is 0 Å². The SMILES string of the molecule is CCNCc1ccc(N(C)CC)cc1C(F)(F)F. The van der Waals surface area contributed by atoms with Crippen LogP contribution >= 0.6 is 0 Å². The molecular weight excluding hydrogens is 241 g/mol. The zero-order chi connectivity index (χ0) is 13.8. The Morgan fingerprint density at radius 1 is 1.22 bits per heavy atom. The molecule has 0 amide bonds. The molecule has 0 aliphatic carbocycles. The average molecular weight is 260 g/mol. The first-order valence-corrected chi connectivity index (χ1v) is 6.02. The quantitative estimate of drug-likeness (QED) is 0.874. The monoisotopic (exact) mass is 260 g/mol. The number of hydrogen-bond donors (Lipinski definition) is 1. The Morgan fingerprint density at radius 2 is 1.89 bits per heavy atom. The van der Waals surface area contributed by atoms with Gasteiger partial charge in [0.2, 0.25) is 0 Å². The Balaban J connectivity index is 3.12. The van der Waals surface area contributed by atoms with E-state index in [0.717, 1.165) is 0 Å². The number of alkyl halides is 3. The molecule has 5 heteroatoms. The second kappa shape index (κ2) is 6.09. The van der Waals surface area contributed by atoms with Crippen LogP contribution in [0.4, 0.5) is 18.9 Å². The summed E-state index contributed by atoms with van der Waals surface area (Å²) in [5.74, 6) is 0. The Morgan fingerprint density at radius 3 is 2.39 bits per heavy atom. The minimum Gasteiger partial charge on any atom is -0.375 e. The zero-order valence-electron chi connectivity index (χ0n) is 10.9. The zero-order valence-corrected chi connectivity index (χ0v) is 10.9. The predicted octanol–water partition coefficient (Wildman–Crippen LogP) is 3.27. The Hall–Kier alpha value is -1.23. The number of benzene rings is 1. The van der Waals surface area contributed by atoms with Crippen LogP contribution in [0.1, 0.15) is 25.0 Å². The maximum absolute atomic E-state index is 13.0. The Kier molecular flexibility index (Phi) is 5.02. The van der Waals surface area contributed by atoms with Crippen molar-refractivity contribution in [2.24, 2.45) is 0 Å². The molecule has 0 aliphatic heterocycles. The summed E-state index contributed by atoms with van der Waals surface area (Å²) in [6, 6.07) is 4.49. The van der Waals surface area contributed by atoms with Crippen LogP contribution in [0.15, 0.2) is 18.2 Å². The lowest BCUT2D eigenvalue weighted by molar-refractivity contribution is -0.138. The first-order valence-electron chi connectivity index (χ1n) is 6.02. The molecule has 0 unspecified atom stereocenters. The molecule has 0 spiro atoms. The van der Waals surface area contributed by atoms with E-state index in [-0.39, 0.29) is 12.1 Å². The third-order valence-corrected chi connectivity index (χ3v) is 2.88. The number of nitrogens with zero attached hydrogens (tertiary/aromatic N) is 1. The first-order chi connectivity index (χ1) is 8.40. The number of hydrogen-bond acceptors (Lipinski definition) is 2. The summed E-state index contributed by atoms with van der Waals surface area (Å²) in [5.41, 5.74) is 0.323. The number of anilines is 1. The highest BCUT2D eigenvalue weighted by atomic mass is 19.4. The average Bonchev–Trinajstić information content (AvgIpc) is 2.34. The summed E-state index contributed by atoms with van der Waals surface area (Å²) >= 11 is 0. The lowest BCUT2D eigenvalue weighted by Crippen LogP contribution is -2.20. The number of nitrogens with one attached hydrogen (secondary N) is 1. The van der Waals surface area contributed by atoms with Gasteiger partial charge in [0.25, 0.3) is 0 Å². The van der Waals surface area contributed by atoms with E-state index in [0.29, 0.717) is 18.8 Å². The van der Waals surface area contributed by atoms with Crippen LogP contribution in [0.5, 0.6) is 0 Å². The molecule has 2 nitrogen and oxygen atoms in total. The molecule has 102 valence electrons. The maximum atomic E-state index is 13.0. The van der Waals surface area contributed by atoms with Gasteiger partial charge in [-0.15, -0.1) is 0 Å². The van der Waals surface area contributed by atoms with E-state index in [1.165, 1.54) is 6.07 Å². The van der Waals surface area contributed by atoms with E-state index in [1.807, 2.05) is 13.8 Å². The summed E-state index contributed by atoms with van der Waals surface area (Å²) in [6.07, 6.45) is -4.31. The van der Waals surface area contributed by atoms with E-state index in [9.17, 15) is 13.2 Å². The molecule has 0 bridgehead atoms. The van der Waals surface area contributed by atoms with Crippen LogP contribution in [0.2, 0.25) is 0 Å². The molecule has 0 saturated heterocycles. The lowest BCUT2D eigenvalue weighted by Gasteiger charge is -2.20. The van der Waals surface area contributed by atoms with Gasteiger partial charge in [-0.25, -0.2) is 0 Å². The summed E-state index contributed by atoms with van der Waals surface area (Å²) in [7, 11) is 1.78. The van der Waals surface area contributed by atoms with E-state index in [1.54, 1.807) is 24.1 Å². The van der Waals surface area contributed by atoms with Crippen LogP contribution in [0.25, 0.3) is 0 Å². The third-order valence-electron chi connectivity index (χ3n) is 2.88. The molecule has 0 atom stereocenters. The molecule has 0 aliphatic rings. The number of rotatable bonds is 5. The van der Waals surface area contributed by atoms with Crippen LogP contribution in [-0.2, 0) is 12.7 Å². The van der Waals surface area contributed by atoms with Gasteiger partial charge in [0, 0.05) is 25.8 Å². The minimum absolute atomic E-state index is 0.238. The van der Waals surface area contributed by atoms with Gasteiger partial charge in [-0.1, -0.05) is 13.0 Å². The van der Waals surface area contributed by atoms with Crippen molar-refractivity contribution in [2.75, 3.05) is 25.0 Å². The fourth-order valence-corrected chi connectivity index (χ4v) is 1.66. The number of halogens is 3. The fraction of sp³-hybridized carbons (Fsp3) is 0.538. The van der Waals surface area contributed by atoms with Gasteiger partial charge in [0.15, 0.2) is 0 Å². The Labute approximate surface area is 106 Å². The molecule has 0 heterocycles. The maximum Gasteiger partial charge on any atom is 0.416 e. The van der Waals surface area contributed by atoms with Crippen molar-refractivity contribution in [1.82, 2.24) is 5.32 Å². The topological polar surface area (TPSA) is 15.3 Å². The van der Waals surface area contributed by atoms with E-state index in [2.05, 4.69) is 5.32 Å². The third kappa shape index (κ3) is 3.63. The van der Waals surface area contributed by atoms with E-state index < -0.39 is 11.7 Å². The molecular formula is C13H19F3N2. The van der Waals surface area contributed by atoms with Crippen molar-refractivity contribution in [2.45, 2.75) is 26.6 Å². The molecule has 1 aromatic rings. The van der Waals surface area contributed by atoms with Crippen LogP contribution in [-0.4, -0.2) is 20.1 Å². The van der Waals surface area contributed by atoms with Crippen molar-refractivity contribution in [3.05, 3.63) is 29.3 Å². The summed E-state index contributed by atoms with van der Waals surface area (Å²) in [5, 5.41) is 2.93. The highest BCUT2D eigenvalue weighted by Crippen LogP contribution is 2.34. The molecule has 0 saturated carbocycles. The van der Waals surface area contributed by atoms with Gasteiger partial charge >= 0.3 is 6.18 Å². The van der Waals surface area contributed by atoms with Crippen LogP contribution in [0.3, 0.4) is 0 Å². The second-order valence-electron chi connectivity index (χ2n) is 4.13. The second-order valence-corrected chi connectivity index (χ2v) is 4.13. The molecule has 0 fully saturated rings. The summed E-state index contributed by atoms with van der Waals surface area (Å²) in [4.78, 5) is 1.78. The lowest BCUT2D eigenvalue weighted by atomic mass is 10.1. The van der Waals surface area contributed by atoms with Gasteiger partial charge in [-0.05, 0) is 31.2 Å². The molecule has 1 rings (SSSR count). The molecule has 18 heavy (non-hydrogen) atoms. The minimum atomic E-state index is -4.31. The van der Waals surface area contributed by atoms with Crippen LogP contribution < -0.4 is 10.2 Å². The summed E-state index contributed by atoms with van der Waals surface area (Å²) in [6.45, 7) is 5.32. The highest BCUT2D eigenvalue weighted by molar-refractivity contribution is 5.51.